The van der Waals surface area contributed by atoms with Crippen LogP contribution in [0, 0.1) is 0 Å². The summed E-state index contributed by atoms with van der Waals surface area (Å²) in [6, 6.07) is 2.29. The Hall–Kier alpha value is -0.750. The maximum atomic E-state index is 5.83. The summed E-state index contributed by atoms with van der Waals surface area (Å²) < 4.78 is 11.7. The number of fused-ring (bicyclic) bond motifs is 2. The Balaban J connectivity index is 2.11. The topological polar surface area (TPSA) is 18.5 Å². The molecule has 0 aromatic heterocycles. The Morgan fingerprint density at radius 1 is 1.00 bits per heavy atom. The summed E-state index contributed by atoms with van der Waals surface area (Å²) in [4.78, 5) is 0. The molecule has 0 radical (unpaired) electrons. The maximum absolute atomic E-state index is 5.83. The molecule has 2 aliphatic rings. The lowest BCUT2D eigenvalue weighted by Gasteiger charge is -2.22. The van der Waals surface area contributed by atoms with Gasteiger partial charge in [-0.2, -0.15) is 0 Å². The standard InChI is InChI=1S/C14H19O2P/c1-14(2,3)17-13-11-9(4-6-15-11)8-10-5-7-16-12(10)13/h8,17H,4-7H2,1-3H3. The van der Waals surface area contributed by atoms with Crippen LogP contribution in [0.4, 0.5) is 0 Å². The lowest BCUT2D eigenvalue weighted by atomic mass is 10.1. The molecule has 0 saturated heterocycles. The highest BCUT2D eigenvalue weighted by Gasteiger charge is 2.28. The van der Waals surface area contributed by atoms with Crippen LogP contribution >= 0.6 is 8.58 Å². The largest absolute Gasteiger partial charge is 0.492 e. The molecule has 92 valence electrons. The lowest BCUT2D eigenvalue weighted by Crippen LogP contribution is -2.15. The molecule has 0 amide bonds. The van der Waals surface area contributed by atoms with Crippen LogP contribution in [0.15, 0.2) is 6.07 Å². The fraction of sp³-hybridized carbons (Fsp3) is 0.571. The van der Waals surface area contributed by atoms with Gasteiger partial charge in [0.1, 0.15) is 11.5 Å². The predicted molar refractivity (Wildman–Crippen MR) is 72.5 cm³/mol. The molecule has 2 nitrogen and oxygen atoms in total. The predicted octanol–water partition coefficient (Wildman–Crippen LogP) is 2.66. The van der Waals surface area contributed by atoms with E-state index in [0.29, 0.717) is 5.16 Å². The third kappa shape index (κ3) is 2.04. The van der Waals surface area contributed by atoms with E-state index < -0.39 is 0 Å². The third-order valence-electron chi connectivity index (χ3n) is 3.12. The number of rotatable bonds is 1. The minimum Gasteiger partial charge on any atom is -0.492 e. The van der Waals surface area contributed by atoms with Crippen LogP contribution in [-0.4, -0.2) is 18.4 Å². The number of hydrogen-bond donors (Lipinski definition) is 0. The van der Waals surface area contributed by atoms with Crippen LogP contribution in [0.25, 0.3) is 0 Å². The van der Waals surface area contributed by atoms with E-state index in [4.69, 9.17) is 9.47 Å². The van der Waals surface area contributed by atoms with Crippen molar-refractivity contribution in [1.82, 2.24) is 0 Å². The van der Waals surface area contributed by atoms with Gasteiger partial charge in [0.05, 0.1) is 18.5 Å². The van der Waals surface area contributed by atoms with Gasteiger partial charge in [-0.15, -0.1) is 0 Å². The first-order valence-corrected chi connectivity index (χ1v) is 7.27. The second kappa shape index (κ2) is 3.88. The van der Waals surface area contributed by atoms with E-state index in [1.54, 1.807) is 0 Å². The molecule has 0 N–H and O–H groups in total. The van der Waals surface area contributed by atoms with E-state index >= 15 is 0 Å². The highest BCUT2D eigenvalue weighted by Crippen LogP contribution is 2.43. The van der Waals surface area contributed by atoms with Crippen LogP contribution < -0.4 is 14.8 Å². The first-order chi connectivity index (χ1) is 8.04. The molecule has 17 heavy (non-hydrogen) atoms. The zero-order valence-corrected chi connectivity index (χ0v) is 11.7. The van der Waals surface area contributed by atoms with Crippen molar-refractivity contribution >= 4 is 13.9 Å². The Labute approximate surface area is 104 Å². The summed E-state index contributed by atoms with van der Waals surface area (Å²) in [5.74, 6) is 2.25. The Bertz CT molecular complexity index is 428. The van der Waals surface area contributed by atoms with Gasteiger partial charge in [-0.1, -0.05) is 29.4 Å². The van der Waals surface area contributed by atoms with Crippen molar-refractivity contribution in [3.63, 3.8) is 0 Å². The van der Waals surface area contributed by atoms with Crippen LogP contribution in [0.3, 0.4) is 0 Å². The first kappa shape index (κ1) is 11.3. The van der Waals surface area contributed by atoms with Crippen molar-refractivity contribution in [2.45, 2.75) is 38.8 Å². The van der Waals surface area contributed by atoms with E-state index in [1.807, 2.05) is 0 Å². The SMILES string of the molecule is CC(C)(C)Pc1c2c(cc3c1OCC3)CCO2. The van der Waals surface area contributed by atoms with Crippen LogP contribution in [-0.2, 0) is 12.8 Å². The summed E-state index contributed by atoms with van der Waals surface area (Å²) in [5.41, 5.74) is 2.78. The Morgan fingerprint density at radius 2 is 1.53 bits per heavy atom. The van der Waals surface area contributed by atoms with Gasteiger partial charge >= 0.3 is 0 Å². The van der Waals surface area contributed by atoms with Gasteiger partial charge in [0.25, 0.3) is 0 Å². The molecule has 0 fully saturated rings. The lowest BCUT2D eigenvalue weighted by molar-refractivity contribution is 0.347. The average molecular weight is 250 g/mol. The molecule has 1 unspecified atom stereocenters. The molecule has 0 bridgehead atoms. The maximum Gasteiger partial charge on any atom is 0.133 e. The highest BCUT2D eigenvalue weighted by molar-refractivity contribution is 7.49. The smallest absolute Gasteiger partial charge is 0.133 e. The van der Waals surface area contributed by atoms with Crippen molar-refractivity contribution in [3.05, 3.63) is 17.2 Å². The summed E-state index contributed by atoms with van der Waals surface area (Å²) in [6.07, 6.45) is 2.12. The van der Waals surface area contributed by atoms with Crippen LogP contribution in [0.1, 0.15) is 31.9 Å². The summed E-state index contributed by atoms with van der Waals surface area (Å²) >= 11 is 0. The zero-order valence-electron chi connectivity index (χ0n) is 10.7. The van der Waals surface area contributed by atoms with Crippen molar-refractivity contribution < 1.29 is 9.47 Å². The quantitative estimate of drug-likeness (QED) is 0.713. The molecule has 3 rings (SSSR count). The third-order valence-corrected chi connectivity index (χ3v) is 4.58. The number of benzene rings is 1. The molecule has 1 atom stereocenters. The van der Waals surface area contributed by atoms with Crippen molar-refractivity contribution in [2.24, 2.45) is 0 Å². The van der Waals surface area contributed by atoms with E-state index in [1.165, 1.54) is 16.4 Å². The van der Waals surface area contributed by atoms with Crippen molar-refractivity contribution in [1.29, 1.82) is 0 Å². The van der Waals surface area contributed by atoms with E-state index in [-0.39, 0.29) is 0 Å². The summed E-state index contributed by atoms with van der Waals surface area (Å²) in [7, 11) is 0.748. The van der Waals surface area contributed by atoms with E-state index in [9.17, 15) is 0 Å². The van der Waals surface area contributed by atoms with Crippen LogP contribution in [0.5, 0.6) is 11.5 Å². The van der Waals surface area contributed by atoms with Gasteiger partial charge < -0.3 is 9.47 Å². The fourth-order valence-electron chi connectivity index (χ4n) is 2.48. The van der Waals surface area contributed by atoms with Gasteiger partial charge in [0, 0.05) is 12.8 Å². The second-order valence-corrected chi connectivity index (χ2v) is 8.05. The van der Waals surface area contributed by atoms with E-state index in [2.05, 4.69) is 26.8 Å². The van der Waals surface area contributed by atoms with Crippen LogP contribution in [0.2, 0.25) is 0 Å². The normalized spacial score (nSPS) is 18.1. The molecule has 0 spiro atoms. The molecule has 1 aromatic carbocycles. The van der Waals surface area contributed by atoms with E-state index in [0.717, 1.165) is 46.1 Å². The molecule has 3 heteroatoms. The molecule has 2 aliphatic heterocycles. The molecule has 0 aliphatic carbocycles. The fourth-order valence-corrected chi connectivity index (χ4v) is 3.92. The highest BCUT2D eigenvalue weighted by atomic mass is 31.1. The zero-order chi connectivity index (χ0) is 12.0. The molecular weight excluding hydrogens is 231 g/mol. The van der Waals surface area contributed by atoms with Crippen molar-refractivity contribution in [3.8, 4) is 11.5 Å². The first-order valence-electron chi connectivity index (χ1n) is 6.27. The Kier molecular flexibility index (Phi) is 2.59. The summed E-state index contributed by atoms with van der Waals surface area (Å²) in [5, 5.41) is 1.63. The minimum absolute atomic E-state index is 0.292. The molecular formula is C14H19O2P. The Morgan fingerprint density at radius 3 is 2.00 bits per heavy atom. The van der Waals surface area contributed by atoms with Crippen molar-refractivity contribution in [2.75, 3.05) is 13.2 Å². The van der Waals surface area contributed by atoms with Gasteiger partial charge in [0.15, 0.2) is 0 Å². The number of hydrogen-bond acceptors (Lipinski definition) is 2. The van der Waals surface area contributed by atoms with Gasteiger partial charge in [-0.25, -0.2) is 0 Å². The molecule has 1 aromatic rings. The monoisotopic (exact) mass is 250 g/mol. The summed E-state index contributed by atoms with van der Waals surface area (Å²) in [6.45, 7) is 8.50. The second-order valence-electron chi connectivity index (χ2n) is 5.80. The van der Waals surface area contributed by atoms with Gasteiger partial charge in [-0.05, 0) is 22.3 Å². The number of ether oxygens (including phenoxy) is 2. The van der Waals surface area contributed by atoms with Gasteiger partial charge in [-0.3, -0.25) is 0 Å². The average Bonchev–Trinajstić information content (AvgIpc) is 2.82. The molecule has 2 heterocycles. The van der Waals surface area contributed by atoms with Gasteiger partial charge in [0.2, 0.25) is 0 Å². The minimum atomic E-state index is 0.292. The molecule has 0 saturated carbocycles.